The van der Waals surface area contributed by atoms with Crippen LogP contribution >= 0.6 is 11.6 Å². The van der Waals surface area contributed by atoms with Crippen molar-refractivity contribution in [1.29, 1.82) is 0 Å². The average Bonchev–Trinajstić information content (AvgIpc) is 2.57. The van der Waals surface area contributed by atoms with Crippen LogP contribution in [0.15, 0.2) is 18.2 Å². The van der Waals surface area contributed by atoms with Crippen LogP contribution in [0, 0.1) is 11.7 Å². The van der Waals surface area contributed by atoms with Crippen LogP contribution in [0.1, 0.15) is 37.8 Å². The number of hydrogen-bond acceptors (Lipinski definition) is 2. The van der Waals surface area contributed by atoms with Gasteiger partial charge in [0.2, 0.25) is 5.91 Å². The Morgan fingerprint density at radius 1 is 1.52 bits per heavy atom. The zero-order chi connectivity index (χ0) is 15.6. The minimum Gasteiger partial charge on any atom is -0.481 e. The van der Waals surface area contributed by atoms with Crippen molar-refractivity contribution in [2.45, 2.75) is 32.2 Å². The SMILES string of the molecule is CCN1C(=O)CCCC(C(=O)O)C1c1ccc(Cl)cc1F. The fraction of sp³-hybridized carbons (Fsp3) is 0.467. The van der Waals surface area contributed by atoms with Crippen LogP contribution < -0.4 is 0 Å². The molecule has 1 heterocycles. The Kier molecular flexibility index (Phi) is 4.83. The molecular weight excluding hydrogens is 297 g/mol. The maximum Gasteiger partial charge on any atom is 0.308 e. The molecule has 0 spiro atoms. The molecule has 1 fully saturated rings. The van der Waals surface area contributed by atoms with Crippen molar-refractivity contribution >= 4 is 23.5 Å². The lowest BCUT2D eigenvalue weighted by atomic mass is 9.89. The van der Waals surface area contributed by atoms with E-state index in [1.165, 1.54) is 17.0 Å². The van der Waals surface area contributed by atoms with Crippen LogP contribution in [0.2, 0.25) is 5.02 Å². The Morgan fingerprint density at radius 2 is 2.24 bits per heavy atom. The molecule has 0 aromatic heterocycles. The molecule has 1 aromatic rings. The van der Waals surface area contributed by atoms with Crippen molar-refractivity contribution in [2.24, 2.45) is 5.92 Å². The Labute approximate surface area is 127 Å². The smallest absolute Gasteiger partial charge is 0.308 e. The number of likely N-dealkylation sites (tertiary alicyclic amines) is 1. The summed E-state index contributed by atoms with van der Waals surface area (Å²) in [5, 5.41) is 9.70. The predicted molar refractivity (Wildman–Crippen MR) is 76.5 cm³/mol. The number of amides is 1. The van der Waals surface area contributed by atoms with E-state index in [1.807, 2.05) is 0 Å². The van der Waals surface area contributed by atoms with E-state index >= 15 is 0 Å². The monoisotopic (exact) mass is 313 g/mol. The first-order chi connectivity index (χ1) is 9.95. The number of aliphatic carboxylic acids is 1. The predicted octanol–water partition coefficient (Wildman–Crippen LogP) is 3.25. The van der Waals surface area contributed by atoms with Gasteiger partial charge in [-0.3, -0.25) is 9.59 Å². The second kappa shape index (κ2) is 6.43. The number of carbonyl (C=O) groups is 2. The van der Waals surface area contributed by atoms with Crippen molar-refractivity contribution in [3.8, 4) is 0 Å². The molecule has 2 unspecified atom stereocenters. The summed E-state index contributed by atoms with van der Waals surface area (Å²) >= 11 is 5.75. The molecule has 0 bridgehead atoms. The first kappa shape index (κ1) is 15.8. The Morgan fingerprint density at radius 3 is 2.81 bits per heavy atom. The molecule has 0 radical (unpaired) electrons. The van der Waals surface area contributed by atoms with Gasteiger partial charge in [-0.05, 0) is 31.9 Å². The number of rotatable bonds is 3. The highest BCUT2D eigenvalue weighted by Gasteiger charge is 2.39. The van der Waals surface area contributed by atoms with Crippen molar-refractivity contribution in [3.05, 3.63) is 34.6 Å². The second-order valence-electron chi connectivity index (χ2n) is 5.13. The summed E-state index contributed by atoms with van der Waals surface area (Å²) in [5.74, 6) is -2.54. The van der Waals surface area contributed by atoms with Crippen LogP contribution in [-0.2, 0) is 9.59 Å². The summed E-state index contributed by atoms with van der Waals surface area (Å²) in [5.41, 5.74) is 0.212. The van der Waals surface area contributed by atoms with Gasteiger partial charge in [-0.15, -0.1) is 0 Å². The Hall–Kier alpha value is -1.62. The molecule has 1 aromatic carbocycles. The lowest BCUT2D eigenvalue weighted by Crippen LogP contribution is -2.39. The maximum absolute atomic E-state index is 14.2. The van der Waals surface area contributed by atoms with E-state index in [0.29, 0.717) is 25.8 Å². The van der Waals surface area contributed by atoms with Crippen molar-refractivity contribution < 1.29 is 19.1 Å². The Balaban J connectivity index is 2.53. The lowest BCUT2D eigenvalue weighted by Gasteiger charge is -2.33. The van der Waals surface area contributed by atoms with Gasteiger partial charge in [0, 0.05) is 23.6 Å². The number of benzene rings is 1. The third-order valence-electron chi connectivity index (χ3n) is 3.88. The number of hydrogen-bond donors (Lipinski definition) is 1. The molecule has 1 saturated heterocycles. The van der Waals surface area contributed by atoms with Crippen molar-refractivity contribution in [2.75, 3.05) is 6.54 Å². The number of carbonyl (C=O) groups excluding carboxylic acids is 1. The molecule has 1 aliphatic heterocycles. The molecule has 114 valence electrons. The molecule has 1 amide bonds. The number of nitrogens with zero attached hydrogens (tertiary/aromatic N) is 1. The van der Waals surface area contributed by atoms with Gasteiger partial charge in [-0.2, -0.15) is 0 Å². The van der Waals surface area contributed by atoms with Crippen LogP contribution in [0.5, 0.6) is 0 Å². The summed E-state index contributed by atoms with van der Waals surface area (Å²) in [6.45, 7) is 2.11. The molecule has 0 saturated carbocycles. The summed E-state index contributed by atoms with van der Waals surface area (Å²) < 4.78 is 14.2. The van der Waals surface area contributed by atoms with Gasteiger partial charge in [-0.25, -0.2) is 4.39 Å². The van der Waals surface area contributed by atoms with E-state index in [9.17, 15) is 19.1 Å². The van der Waals surface area contributed by atoms with Crippen LogP contribution in [0.25, 0.3) is 0 Å². The summed E-state index contributed by atoms with van der Waals surface area (Å²) in [7, 11) is 0. The Bertz CT molecular complexity index is 562. The molecule has 6 heteroatoms. The molecule has 1 aliphatic rings. The van der Waals surface area contributed by atoms with E-state index < -0.39 is 23.7 Å². The minimum atomic E-state index is -1.01. The minimum absolute atomic E-state index is 0.138. The number of carboxylic acid groups (broad SMARTS) is 1. The normalized spacial score (nSPS) is 23.0. The molecule has 21 heavy (non-hydrogen) atoms. The topological polar surface area (TPSA) is 57.6 Å². The fourth-order valence-corrected chi connectivity index (χ4v) is 3.06. The standard InChI is InChI=1S/C15H17ClFNO3/c1-2-18-13(19)5-3-4-11(15(20)21)14(18)10-7-6-9(16)8-12(10)17/h6-8,11,14H,2-5H2,1H3,(H,20,21). The molecule has 4 nitrogen and oxygen atoms in total. The van der Waals surface area contributed by atoms with Crippen LogP contribution in [0.3, 0.4) is 0 Å². The quantitative estimate of drug-likeness (QED) is 0.932. The van der Waals surface area contributed by atoms with Crippen molar-refractivity contribution in [3.63, 3.8) is 0 Å². The van der Waals surface area contributed by atoms with E-state index in [1.54, 1.807) is 6.92 Å². The van der Waals surface area contributed by atoms with Gasteiger partial charge in [-0.1, -0.05) is 17.7 Å². The number of carboxylic acids is 1. The van der Waals surface area contributed by atoms with Crippen LogP contribution in [0.4, 0.5) is 4.39 Å². The van der Waals surface area contributed by atoms with Gasteiger partial charge in [0.1, 0.15) is 5.82 Å². The van der Waals surface area contributed by atoms with Gasteiger partial charge < -0.3 is 10.0 Å². The maximum atomic E-state index is 14.2. The van der Waals surface area contributed by atoms with Gasteiger partial charge in [0.05, 0.1) is 12.0 Å². The summed E-state index contributed by atoms with van der Waals surface area (Å²) in [4.78, 5) is 25.2. The average molecular weight is 314 g/mol. The van der Waals surface area contributed by atoms with E-state index in [0.717, 1.165) is 6.07 Å². The lowest BCUT2D eigenvalue weighted by molar-refractivity contribution is -0.146. The van der Waals surface area contributed by atoms with E-state index in [2.05, 4.69) is 0 Å². The van der Waals surface area contributed by atoms with E-state index in [4.69, 9.17) is 11.6 Å². The molecular formula is C15H17ClFNO3. The zero-order valence-corrected chi connectivity index (χ0v) is 12.4. The highest BCUT2D eigenvalue weighted by Crippen LogP contribution is 2.37. The van der Waals surface area contributed by atoms with Crippen LogP contribution in [-0.4, -0.2) is 28.4 Å². The first-order valence-corrected chi connectivity index (χ1v) is 7.30. The first-order valence-electron chi connectivity index (χ1n) is 6.93. The van der Waals surface area contributed by atoms with Gasteiger partial charge in [0.25, 0.3) is 0 Å². The molecule has 2 atom stereocenters. The second-order valence-corrected chi connectivity index (χ2v) is 5.56. The summed E-state index contributed by atoms with van der Waals surface area (Å²) in [6, 6.07) is 3.35. The highest BCUT2D eigenvalue weighted by atomic mass is 35.5. The molecule has 0 aliphatic carbocycles. The highest BCUT2D eigenvalue weighted by molar-refractivity contribution is 6.30. The molecule has 2 rings (SSSR count). The van der Waals surface area contributed by atoms with Gasteiger partial charge in [0.15, 0.2) is 0 Å². The fourth-order valence-electron chi connectivity index (χ4n) is 2.90. The number of halogens is 2. The molecule has 1 N–H and O–H groups in total. The zero-order valence-electron chi connectivity index (χ0n) is 11.7. The summed E-state index contributed by atoms with van der Waals surface area (Å²) in [6.07, 6.45) is 1.14. The van der Waals surface area contributed by atoms with E-state index in [-0.39, 0.29) is 16.5 Å². The van der Waals surface area contributed by atoms with Crippen molar-refractivity contribution in [1.82, 2.24) is 4.90 Å². The third kappa shape index (κ3) is 3.18. The largest absolute Gasteiger partial charge is 0.481 e. The third-order valence-corrected chi connectivity index (χ3v) is 4.12. The van der Waals surface area contributed by atoms with Gasteiger partial charge >= 0.3 is 5.97 Å².